The molecule has 0 bridgehead atoms. The van der Waals surface area contributed by atoms with Crippen molar-refractivity contribution in [2.75, 3.05) is 50.1 Å². The third-order valence-corrected chi connectivity index (χ3v) is 4.53. The van der Waals surface area contributed by atoms with E-state index in [0.29, 0.717) is 0 Å². The lowest BCUT2D eigenvalue weighted by atomic mass is 9.76. The second-order valence-corrected chi connectivity index (χ2v) is 6.08. The Hall–Kier alpha value is -1.40. The van der Waals surface area contributed by atoms with Crippen molar-refractivity contribution in [3.8, 4) is 0 Å². The summed E-state index contributed by atoms with van der Waals surface area (Å²) < 4.78 is 0. The van der Waals surface area contributed by atoms with Crippen LogP contribution in [0.15, 0.2) is 12.4 Å². The van der Waals surface area contributed by atoms with E-state index < -0.39 is 5.60 Å². The van der Waals surface area contributed by atoms with Crippen LogP contribution in [-0.4, -0.2) is 60.9 Å². The number of fused-ring (bicyclic) bond motifs is 1. The van der Waals surface area contributed by atoms with Crippen molar-refractivity contribution in [3.63, 3.8) is 0 Å². The quantitative estimate of drug-likeness (QED) is 0.799. The smallest absolute Gasteiger partial charge is 0.149 e. The molecule has 1 aromatic heterocycles. The molecule has 0 saturated carbocycles. The SMILES string of the molecule is CN(C)c1cncc(N2CC[C@@]3(O)CCNC[C@H]3C2)n1. The molecular weight excluding hydrogens is 254 g/mol. The molecular formula is C14H23N5O. The van der Waals surface area contributed by atoms with Crippen molar-refractivity contribution >= 4 is 11.6 Å². The lowest BCUT2D eigenvalue weighted by Gasteiger charge is -2.47. The van der Waals surface area contributed by atoms with Gasteiger partial charge in [0, 0.05) is 39.6 Å². The lowest BCUT2D eigenvalue weighted by Crippen LogP contribution is -2.59. The van der Waals surface area contributed by atoms with Crippen molar-refractivity contribution in [2.24, 2.45) is 5.92 Å². The predicted octanol–water partition coefficient (Wildman–Crippen LogP) is 0.0933. The van der Waals surface area contributed by atoms with Gasteiger partial charge in [-0.3, -0.25) is 4.98 Å². The van der Waals surface area contributed by atoms with Gasteiger partial charge in [0.05, 0.1) is 18.0 Å². The molecule has 2 atom stereocenters. The largest absolute Gasteiger partial charge is 0.389 e. The minimum Gasteiger partial charge on any atom is -0.389 e. The van der Waals surface area contributed by atoms with Gasteiger partial charge in [-0.1, -0.05) is 0 Å². The van der Waals surface area contributed by atoms with Gasteiger partial charge in [-0.2, -0.15) is 0 Å². The number of piperidine rings is 2. The topological polar surface area (TPSA) is 64.5 Å². The Bertz CT molecular complexity index is 480. The summed E-state index contributed by atoms with van der Waals surface area (Å²) in [7, 11) is 3.93. The second kappa shape index (κ2) is 5.18. The van der Waals surface area contributed by atoms with Crippen molar-refractivity contribution < 1.29 is 5.11 Å². The van der Waals surface area contributed by atoms with Gasteiger partial charge in [0.25, 0.3) is 0 Å². The van der Waals surface area contributed by atoms with Crippen LogP contribution in [0.4, 0.5) is 11.6 Å². The summed E-state index contributed by atoms with van der Waals surface area (Å²) in [6, 6.07) is 0. The first-order chi connectivity index (χ1) is 9.58. The molecule has 2 N–H and O–H groups in total. The van der Waals surface area contributed by atoms with Crippen molar-refractivity contribution in [3.05, 3.63) is 12.4 Å². The number of hydrogen-bond donors (Lipinski definition) is 2. The van der Waals surface area contributed by atoms with E-state index in [4.69, 9.17) is 0 Å². The van der Waals surface area contributed by atoms with Crippen LogP contribution >= 0.6 is 0 Å². The van der Waals surface area contributed by atoms with Crippen molar-refractivity contribution in [1.29, 1.82) is 0 Å². The fourth-order valence-electron chi connectivity index (χ4n) is 3.15. The van der Waals surface area contributed by atoms with Gasteiger partial charge in [-0.05, 0) is 19.4 Å². The molecule has 0 amide bonds. The monoisotopic (exact) mass is 277 g/mol. The maximum absolute atomic E-state index is 10.7. The highest BCUT2D eigenvalue weighted by atomic mass is 16.3. The first kappa shape index (κ1) is 13.6. The molecule has 6 heteroatoms. The van der Waals surface area contributed by atoms with E-state index in [2.05, 4.69) is 20.2 Å². The van der Waals surface area contributed by atoms with Crippen LogP contribution < -0.4 is 15.1 Å². The van der Waals surface area contributed by atoms with E-state index in [9.17, 15) is 5.11 Å². The summed E-state index contributed by atoms with van der Waals surface area (Å²) in [4.78, 5) is 13.1. The number of hydrogen-bond acceptors (Lipinski definition) is 6. The summed E-state index contributed by atoms with van der Waals surface area (Å²) in [5.41, 5.74) is -0.492. The summed E-state index contributed by atoms with van der Waals surface area (Å²) in [6.07, 6.45) is 5.25. The maximum Gasteiger partial charge on any atom is 0.149 e. The molecule has 2 fully saturated rings. The van der Waals surface area contributed by atoms with Crippen LogP contribution in [0, 0.1) is 5.92 Å². The van der Waals surface area contributed by atoms with Gasteiger partial charge < -0.3 is 20.2 Å². The van der Waals surface area contributed by atoms with Crippen LogP contribution in [-0.2, 0) is 0 Å². The third-order valence-electron chi connectivity index (χ3n) is 4.53. The van der Waals surface area contributed by atoms with Crippen molar-refractivity contribution in [2.45, 2.75) is 18.4 Å². The molecule has 0 aromatic carbocycles. The fraction of sp³-hybridized carbons (Fsp3) is 0.714. The Morgan fingerprint density at radius 1 is 1.40 bits per heavy atom. The Balaban J connectivity index is 1.77. The molecule has 2 aliphatic rings. The number of anilines is 2. The molecule has 0 aliphatic carbocycles. The van der Waals surface area contributed by atoms with Gasteiger partial charge >= 0.3 is 0 Å². The van der Waals surface area contributed by atoms with E-state index in [-0.39, 0.29) is 5.92 Å². The first-order valence-corrected chi connectivity index (χ1v) is 7.26. The highest BCUT2D eigenvalue weighted by molar-refractivity contribution is 5.45. The van der Waals surface area contributed by atoms with Gasteiger partial charge in [0.15, 0.2) is 0 Å². The second-order valence-electron chi connectivity index (χ2n) is 6.08. The summed E-state index contributed by atoms with van der Waals surface area (Å²) >= 11 is 0. The van der Waals surface area contributed by atoms with Crippen LogP contribution in [0.5, 0.6) is 0 Å². The number of rotatable bonds is 2. The van der Waals surface area contributed by atoms with E-state index in [0.717, 1.165) is 50.7 Å². The normalized spacial score (nSPS) is 29.9. The molecule has 1 aromatic rings. The average molecular weight is 277 g/mol. The summed E-state index contributed by atoms with van der Waals surface area (Å²) in [5, 5.41) is 14.1. The maximum atomic E-state index is 10.7. The van der Waals surface area contributed by atoms with Gasteiger partial charge in [0.2, 0.25) is 0 Å². The molecule has 2 saturated heterocycles. The minimum atomic E-state index is -0.492. The van der Waals surface area contributed by atoms with Crippen LogP contribution in [0.2, 0.25) is 0 Å². The fourth-order valence-corrected chi connectivity index (χ4v) is 3.15. The molecule has 0 radical (unpaired) electrons. The van der Waals surface area contributed by atoms with E-state index in [1.165, 1.54) is 0 Å². The average Bonchev–Trinajstić information content (AvgIpc) is 2.46. The number of aromatic nitrogens is 2. The van der Waals surface area contributed by atoms with E-state index >= 15 is 0 Å². The zero-order chi connectivity index (χ0) is 14.2. The first-order valence-electron chi connectivity index (χ1n) is 7.26. The van der Waals surface area contributed by atoms with Crippen LogP contribution in [0.3, 0.4) is 0 Å². The Labute approximate surface area is 119 Å². The highest BCUT2D eigenvalue weighted by Gasteiger charge is 2.43. The standard InChI is InChI=1S/C14H23N5O/c1-18(2)12-8-16-9-13(17-12)19-6-4-14(20)3-5-15-7-11(14)10-19/h8-9,11,15,20H,3-7,10H2,1-2H3/t11-,14-/m0/s1. The highest BCUT2D eigenvalue weighted by Crippen LogP contribution is 2.34. The summed E-state index contributed by atoms with van der Waals surface area (Å²) in [5.74, 6) is 2.05. The van der Waals surface area contributed by atoms with Gasteiger partial charge in [0.1, 0.15) is 11.6 Å². The summed E-state index contributed by atoms with van der Waals surface area (Å²) in [6.45, 7) is 3.49. The Morgan fingerprint density at radius 2 is 2.25 bits per heavy atom. The number of nitrogens with one attached hydrogen (secondary N) is 1. The lowest BCUT2D eigenvalue weighted by molar-refractivity contribution is -0.0539. The molecule has 0 unspecified atom stereocenters. The predicted molar refractivity (Wildman–Crippen MR) is 79.1 cm³/mol. The van der Waals surface area contributed by atoms with E-state index in [1.807, 2.05) is 25.2 Å². The van der Waals surface area contributed by atoms with Crippen LogP contribution in [0.1, 0.15) is 12.8 Å². The zero-order valence-corrected chi connectivity index (χ0v) is 12.2. The minimum absolute atomic E-state index is 0.273. The Morgan fingerprint density at radius 3 is 3.05 bits per heavy atom. The zero-order valence-electron chi connectivity index (χ0n) is 12.2. The molecule has 3 heterocycles. The third kappa shape index (κ3) is 2.45. The van der Waals surface area contributed by atoms with Gasteiger partial charge in [-0.25, -0.2) is 4.98 Å². The van der Waals surface area contributed by atoms with Crippen molar-refractivity contribution in [1.82, 2.24) is 15.3 Å². The molecule has 2 aliphatic heterocycles. The van der Waals surface area contributed by atoms with Crippen LogP contribution in [0.25, 0.3) is 0 Å². The number of aliphatic hydroxyl groups is 1. The molecule has 3 rings (SSSR count). The molecule has 6 nitrogen and oxygen atoms in total. The number of nitrogens with zero attached hydrogens (tertiary/aromatic N) is 4. The van der Waals surface area contributed by atoms with E-state index in [1.54, 1.807) is 6.20 Å². The van der Waals surface area contributed by atoms with Gasteiger partial charge in [-0.15, -0.1) is 0 Å². The molecule has 110 valence electrons. The molecule has 0 spiro atoms. The Kier molecular flexibility index (Phi) is 3.52. The molecule has 20 heavy (non-hydrogen) atoms.